The summed E-state index contributed by atoms with van der Waals surface area (Å²) in [5.74, 6) is 1.54. The third-order valence-electron chi connectivity index (χ3n) is 6.05. The summed E-state index contributed by atoms with van der Waals surface area (Å²) in [6.07, 6.45) is 0. The number of aromatic nitrogens is 4. The first-order valence-corrected chi connectivity index (χ1v) is 12.3. The normalized spacial score (nSPS) is 12.4. The number of carbonyl (C=O) groups is 1. The lowest BCUT2D eigenvalue weighted by molar-refractivity contribution is -0.113. The van der Waals surface area contributed by atoms with E-state index in [0.29, 0.717) is 39.0 Å². The van der Waals surface area contributed by atoms with Gasteiger partial charge in [0.05, 0.1) is 22.3 Å². The van der Waals surface area contributed by atoms with Crippen molar-refractivity contribution in [2.24, 2.45) is 0 Å². The van der Waals surface area contributed by atoms with Crippen molar-refractivity contribution in [2.75, 3.05) is 17.9 Å². The van der Waals surface area contributed by atoms with Crippen molar-refractivity contribution in [1.82, 2.24) is 19.2 Å². The monoisotopic (exact) mass is 499 g/mol. The second kappa shape index (κ2) is 8.72. The Hall–Kier alpha value is -4.31. The molecule has 0 radical (unpaired) electrons. The highest BCUT2D eigenvalue weighted by atomic mass is 32.2. The highest BCUT2D eigenvalue weighted by molar-refractivity contribution is 7.99. The maximum absolute atomic E-state index is 13.6. The third-order valence-corrected chi connectivity index (χ3v) is 6.98. The van der Waals surface area contributed by atoms with Crippen molar-refractivity contribution in [1.29, 1.82) is 0 Å². The number of nitrogens with zero attached hydrogens (tertiary/aromatic N) is 4. The van der Waals surface area contributed by atoms with Gasteiger partial charge in [0.15, 0.2) is 16.7 Å². The molecule has 1 aliphatic heterocycles. The van der Waals surface area contributed by atoms with E-state index in [-0.39, 0.29) is 24.0 Å². The topological polar surface area (TPSA) is 99.8 Å². The molecule has 0 fully saturated rings. The van der Waals surface area contributed by atoms with Crippen LogP contribution in [0.15, 0.2) is 70.6 Å². The molecule has 0 saturated heterocycles. The minimum atomic E-state index is -0.206. The number of fused-ring (bicyclic) bond motifs is 4. The summed E-state index contributed by atoms with van der Waals surface area (Å²) in [7, 11) is 0. The zero-order chi connectivity index (χ0) is 24.8. The van der Waals surface area contributed by atoms with Gasteiger partial charge in [0.2, 0.25) is 18.5 Å². The number of para-hydroxylation sites is 2. The number of carbonyl (C=O) groups excluding carboxylic acids is 1. The Morgan fingerprint density at radius 2 is 1.78 bits per heavy atom. The molecule has 1 N–H and O–H groups in total. The highest BCUT2D eigenvalue weighted by Crippen LogP contribution is 2.34. The predicted octanol–water partition coefficient (Wildman–Crippen LogP) is 4.11. The Bertz CT molecular complexity index is 1710. The van der Waals surface area contributed by atoms with Crippen molar-refractivity contribution in [2.45, 2.75) is 19.0 Å². The summed E-state index contributed by atoms with van der Waals surface area (Å²) in [6.45, 7) is 4.10. The SMILES string of the molecule is Cc1cccc(C)c1-n1c(=O)c2ccccc2n2c(SCC(=O)Nc3ccc4c(c3)OCO4)nnc12. The van der Waals surface area contributed by atoms with Gasteiger partial charge in [-0.3, -0.25) is 14.0 Å². The molecule has 0 aliphatic carbocycles. The molecule has 180 valence electrons. The van der Waals surface area contributed by atoms with Crippen LogP contribution in [-0.2, 0) is 4.79 Å². The maximum atomic E-state index is 13.6. The first-order valence-electron chi connectivity index (χ1n) is 11.3. The molecule has 0 bridgehead atoms. The van der Waals surface area contributed by atoms with Crippen molar-refractivity contribution < 1.29 is 14.3 Å². The van der Waals surface area contributed by atoms with Gasteiger partial charge in [-0.05, 0) is 49.2 Å². The number of thioether (sulfide) groups is 1. The standard InChI is InChI=1S/C26H21N5O4S/c1-15-6-5-7-16(2)23(15)31-24(33)18-8-3-4-9-19(18)30-25(31)28-29-26(30)36-13-22(32)27-17-10-11-20-21(12-17)35-14-34-20/h3-12H,13-14H2,1-2H3,(H,27,32). The molecule has 6 rings (SSSR count). The van der Waals surface area contributed by atoms with Crippen LogP contribution < -0.4 is 20.3 Å². The Kier molecular flexibility index (Phi) is 5.37. The number of aryl methyl sites for hydroxylation is 2. The van der Waals surface area contributed by atoms with Gasteiger partial charge in [-0.15, -0.1) is 10.2 Å². The lowest BCUT2D eigenvalue weighted by atomic mass is 10.1. The largest absolute Gasteiger partial charge is 0.454 e. The fourth-order valence-electron chi connectivity index (χ4n) is 4.43. The van der Waals surface area contributed by atoms with E-state index >= 15 is 0 Å². The Labute approximate surface area is 209 Å². The second-order valence-corrected chi connectivity index (χ2v) is 9.36. The van der Waals surface area contributed by atoms with Crippen LogP contribution in [0.5, 0.6) is 11.5 Å². The number of nitrogens with one attached hydrogen (secondary N) is 1. The maximum Gasteiger partial charge on any atom is 0.267 e. The first kappa shape index (κ1) is 22.2. The molecule has 3 heterocycles. The van der Waals surface area contributed by atoms with Gasteiger partial charge in [-0.2, -0.15) is 0 Å². The summed E-state index contributed by atoms with van der Waals surface area (Å²) < 4.78 is 14.1. The molecule has 1 aliphatic rings. The minimum absolute atomic E-state index is 0.103. The van der Waals surface area contributed by atoms with Crippen LogP contribution in [0.1, 0.15) is 11.1 Å². The number of rotatable bonds is 5. The van der Waals surface area contributed by atoms with Crippen LogP contribution >= 0.6 is 11.8 Å². The second-order valence-electron chi connectivity index (χ2n) is 8.42. The van der Waals surface area contributed by atoms with E-state index in [1.165, 1.54) is 11.8 Å². The third kappa shape index (κ3) is 3.66. The molecule has 9 nitrogen and oxygen atoms in total. The van der Waals surface area contributed by atoms with Gasteiger partial charge in [-0.1, -0.05) is 42.1 Å². The van der Waals surface area contributed by atoms with Crippen molar-refractivity contribution in [3.8, 4) is 17.2 Å². The number of hydrogen-bond acceptors (Lipinski definition) is 7. The quantitative estimate of drug-likeness (QED) is 0.363. The van der Waals surface area contributed by atoms with E-state index in [1.807, 2.05) is 54.6 Å². The molecule has 10 heteroatoms. The van der Waals surface area contributed by atoms with E-state index in [0.717, 1.165) is 16.8 Å². The van der Waals surface area contributed by atoms with Crippen molar-refractivity contribution in [3.05, 3.63) is 82.1 Å². The minimum Gasteiger partial charge on any atom is -0.454 e. The van der Waals surface area contributed by atoms with Gasteiger partial charge in [-0.25, -0.2) is 4.57 Å². The van der Waals surface area contributed by atoms with Gasteiger partial charge in [0.25, 0.3) is 5.56 Å². The summed E-state index contributed by atoms with van der Waals surface area (Å²) in [6, 6.07) is 18.5. The van der Waals surface area contributed by atoms with E-state index in [1.54, 1.807) is 28.8 Å². The van der Waals surface area contributed by atoms with E-state index in [9.17, 15) is 9.59 Å². The average molecular weight is 500 g/mol. The zero-order valence-electron chi connectivity index (χ0n) is 19.5. The first-order chi connectivity index (χ1) is 17.5. The number of hydrogen-bond donors (Lipinski definition) is 1. The average Bonchev–Trinajstić information content (AvgIpc) is 3.51. The fraction of sp³-hybridized carbons (Fsp3) is 0.154. The number of ether oxygens (including phenoxy) is 2. The van der Waals surface area contributed by atoms with Crippen LogP contribution in [0.2, 0.25) is 0 Å². The van der Waals surface area contributed by atoms with Crippen molar-refractivity contribution >= 4 is 40.0 Å². The fourth-order valence-corrected chi connectivity index (χ4v) is 5.17. The van der Waals surface area contributed by atoms with Gasteiger partial charge in [0.1, 0.15) is 0 Å². The van der Waals surface area contributed by atoms with E-state index in [4.69, 9.17) is 9.47 Å². The zero-order valence-corrected chi connectivity index (χ0v) is 20.3. The summed E-state index contributed by atoms with van der Waals surface area (Å²) >= 11 is 1.25. The molecule has 0 spiro atoms. The van der Waals surface area contributed by atoms with Gasteiger partial charge >= 0.3 is 0 Å². The molecule has 36 heavy (non-hydrogen) atoms. The Balaban J connectivity index is 1.38. The smallest absolute Gasteiger partial charge is 0.267 e. The molecule has 5 aromatic rings. The number of anilines is 1. The lowest BCUT2D eigenvalue weighted by Gasteiger charge is -2.15. The van der Waals surface area contributed by atoms with Crippen LogP contribution in [0.4, 0.5) is 5.69 Å². The van der Waals surface area contributed by atoms with Gasteiger partial charge in [0, 0.05) is 11.8 Å². The lowest BCUT2D eigenvalue weighted by Crippen LogP contribution is -2.23. The van der Waals surface area contributed by atoms with Crippen LogP contribution in [0, 0.1) is 13.8 Å². The molecule has 3 aromatic carbocycles. The summed E-state index contributed by atoms with van der Waals surface area (Å²) in [4.78, 5) is 26.3. The Morgan fingerprint density at radius 1 is 1.00 bits per heavy atom. The predicted molar refractivity (Wildman–Crippen MR) is 137 cm³/mol. The van der Waals surface area contributed by atoms with E-state index < -0.39 is 0 Å². The van der Waals surface area contributed by atoms with Crippen LogP contribution in [0.25, 0.3) is 22.4 Å². The van der Waals surface area contributed by atoms with Crippen molar-refractivity contribution in [3.63, 3.8) is 0 Å². The molecular weight excluding hydrogens is 478 g/mol. The number of benzene rings is 3. The van der Waals surface area contributed by atoms with Crippen LogP contribution in [-0.4, -0.2) is 37.6 Å². The molecule has 0 atom stereocenters. The summed E-state index contributed by atoms with van der Waals surface area (Å²) in [5.41, 5.74) is 3.82. The number of amides is 1. The Morgan fingerprint density at radius 3 is 2.61 bits per heavy atom. The summed E-state index contributed by atoms with van der Waals surface area (Å²) in [5, 5.41) is 12.7. The van der Waals surface area contributed by atoms with Crippen LogP contribution in [0.3, 0.4) is 0 Å². The highest BCUT2D eigenvalue weighted by Gasteiger charge is 2.21. The molecule has 0 unspecified atom stereocenters. The van der Waals surface area contributed by atoms with E-state index in [2.05, 4.69) is 15.5 Å². The molecule has 0 saturated carbocycles. The molecule has 2 aromatic heterocycles. The molecular formula is C26H21N5O4S. The molecule has 1 amide bonds. The van der Waals surface area contributed by atoms with Gasteiger partial charge < -0.3 is 14.8 Å².